The average Bonchev–Trinajstić information content (AvgIpc) is 2.81. The van der Waals surface area contributed by atoms with Crippen LogP contribution in [0.2, 0.25) is 5.02 Å². The SMILES string of the molecule is CC1(Cc2ccc(Cl)cc2)OC1C#N. The summed E-state index contributed by atoms with van der Waals surface area (Å²) in [6.07, 6.45) is 0.515. The fourth-order valence-electron chi connectivity index (χ4n) is 1.54. The van der Waals surface area contributed by atoms with Gasteiger partial charge in [0.1, 0.15) is 5.60 Å². The van der Waals surface area contributed by atoms with Crippen molar-refractivity contribution in [2.45, 2.75) is 25.0 Å². The third-order valence-electron chi connectivity index (χ3n) is 2.47. The molecule has 1 fully saturated rings. The largest absolute Gasteiger partial charge is 0.350 e. The molecule has 1 aliphatic heterocycles. The first kappa shape index (κ1) is 9.51. The van der Waals surface area contributed by atoms with Crippen LogP contribution in [0.4, 0.5) is 0 Å². The Hall–Kier alpha value is -1.04. The fourth-order valence-corrected chi connectivity index (χ4v) is 1.67. The van der Waals surface area contributed by atoms with Crippen LogP contribution in [0.3, 0.4) is 0 Å². The van der Waals surface area contributed by atoms with Gasteiger partial charge in [0.05, 0.1) is 6.07 Å². The maximum absolute atomic E-state index is 8.67. The molecule has 0 aliphatic carbocycles. The monoisotopic (exact) mass is 207 g/mol. The molecule has 0 saturated carbocycles. The molecule has 0 radical (unpaired) electrons. The van der Waals surface area contributed by atoms with Crippen LogP contribution in [0.15, 0.2) is 24.3 Å². The van der Waals surface area contributed by atoms with E-state index in [2.05, 4.69) is 6.07 Å². The molecule has 1 aromatic rings. The number of benzene rings is 1. The standard InChI is InChI=1S/C11H10ClNO/c1-11(10(7-13)14-11)6-8-2-4-9(12)5-3-8/h2-5,10H,6H2,1H3. The van der Waals surface area contributed by atoms with Crippen LogP contribution in [0.5, 0.6) is 0 Å². The fraction of sp³-hybridized carbons (Fsp3) is 0.364. The molecule has 1 heterocycles. The Kier molecular flexibility index (Phi) is 2.22. The van der Waals surface area contributed by atoms with Crippen LogP contribution < -0.4 is 0 Å². The first-order valence-electron chi connectivity index (χ1n) is 4.46. The molecule has 2 unspecified atom stereocenters. The average molecular weight is 208 g/mol. The number of rotatable bonds is 2. The lowest BCUT2D eigenvalue weighted by Crippen LogP contribution is -2.12. The van der Waals surface area contributed by atoms with Gasteiger partial charge in [0, 0.05) is 11.4 Å². The summed E-state index contributed by atoms with van der Waals surface area (Å²) >= 11 is 5.77. The second-order valence-corrected chi connectivity index (χ2v) is 4.18. The molecule has 0 bridgehead atoms. The van der Waals surface area contributed by atoms with Crippen molar-refractivity contribution in [3.63, 3.8) is 0 Å². The predicted octanol–water partition coefficient (Wildman–Crippen LogP) is 2.56. The van der Waals surface area contributed by atoms with Crippen molar-refractivity contribution in [1.82, 2.24) is 0 Å². The Morgan fingerprint density at radius 2 is 2.14 bits per heavy atom. The van der Waals surface area contributed by atoms with Gasteiger partial charge in [0.2, 0.25) is 0 Å². The lowest BCUT2D eigenvalue weighted by atomic mass is 9.98. The van der Waals surface area contributed by atoms with Crippen molar-refractivity contribution in [2.75, 3.05) is 0 Å². The Morgan fingerprint density at radius 1 is 1.50 bits per heavy atom. The van der Waals surface area contributed by atoms with Gasteiger partial charge < -0.3 is 4.74 Å². The highest BCUT2D eigenvalue weighted by Gasteiger charge is 2.52. The molecule has 72 valence electrons. The Bertz CT molecular complexity index is 381. The molecule has 0 N–H and O–H groups in total. The van der Waals surface area contributed by atoms with Crippen LogP contribution in [0.1, 0.15) is 12.5 Å². The quantitative estimate of drug-likeness (QED) is 0.699. The van der Waals surface area contributed by atoms with Crippen molar-refractivity contribution in [3.05, 3.63) is 34.9 Å². The van der Waals surface area contributed by atoms with Crippen LogP contribution in [-0.2, 0) is 11.2 Å². The van der Waals surface area contributed by atoms with Crippen LogP contribution in [0, 0.1) is 11.3 Å². The van der Waals surface area contributed by atoms with E-state index in [1.165, 1.54) is 0 Å². The minimum Gasteiger partial charge on any atom is -0.350 e. The summed E-state index contributed by atoms with van der Waals surface area (Å²) in [6.45, 7) is 1.95. The minimum absolute atomic E-state index is 0.252. The summed E-state index contributed by atoms with van der Waals surface area (Å²) in [6, 6.07) is 9.74. The number of hydrogen-bond acceptors (Lipinski definition) is 2. The van der Waals surface area contributed by atoms with Crippen molar-refractivity contribution in [1.29, 1.82) is 5.26 Å². The molecule has 1 saturated heterocycles. The maximum Gasteiger partial charge on any atom is 0.173 e. The summed E-state index contributed by atoms with van der Waals surface area (Å²) in [5.41, 5.74) is 0.859. The van der Waals surface area contributed by atoms with E-state index in [0.717, 1.165) is 17.0 Å². The van der Waals surface area contributed by atoms with Crippen molar-refractivity contribution < 1.29 is 4.74 Å². The zero-order valence-corrected chi connectivity index (χ0v) is 8.58. The molecule has 2 atom stereocenters. The van der Waals surface area contributed by atoms with E-state index in [9.17, 15) is 0 Å². The van der Waals surface area contributed by atoms with Gasteiger partial charge in [-0.1, -0.05) is 23.7 Å². The molecular weight excluding hydrogens is 198 g/mol. The van der Waals surface area contributed by atoms with E-state index in [1.54, 1.807) is 0 Å². The second-order valence-electron chi connectivity index (χ2n) is 3.74. The summed E-state index contributed by atoms with van der Waals surface area (Å²) in [7, 11) is 0. The molecule has 0 aromatic heterocycles. The Morgan fingerprint density at radius 3 is 2.64 bits per heavy atom. The highest BCUT2D eigenvalue weighted by atomic mass is 35.5. The smallest absolute Gasteiger partial charge is 0.173 e. The third-order valence-corrected chi connectivity index (χ3v) is 2.72. The van der Waals surface area contributed by atoms with Gasteiger partial charge in [-0.2, -0.15) is 5.26 Å². The van der Waals surface area contributed by atoms with Gasteiger partial charge >= 0.3 is 0 Å². The molecule has 2 rings (SSSR count). The summed E-state index contributed by atoms with van der Waals surface area (Å²) in [5, 5.41) is 9.40. The molecule has 14 heavy (non-hydrogen) atoms. The zero-order valence-electron chi connectivity index (χ0n) is 7.83. The van der Waals surface area contributed by atoms with Crippen LogP contribution >= 0.6 is 11.6 Å². The zero-order chi connectivity index (χ0) is 10.2. The van der Waals surface area contributed by atoms with Gasteiger partial charge in [-0.25, -0.2) is 0 Å². The molecule has 1 aromatic carbocycles. The van der Waals surface area contributed by atoms with E-state index in [1.807, 2.05) is 31.2 Å². The number of hydrogen-bond donors (Lipinski definition) is 0. The van der Waals surface area contributed by atoms with Gasteiger partial charge in [0.15, 0.2) is 6.10 Å². The first-order chi connectivity index (χ1) is 6.64. The van der Waals surface area contributed by atoms with Crippen LogP contribution in [-0.4, -0.2) is 11.7 Å². The number of nitriles is 1. The van der Waals surface area contributed by atoms with Crippen molar-refractivity contribution in [3.8, 4) is 6.07 Å². The number of nitrogens with zero attached hydrogens (tertiary/aromatic N) is 1. The number of epoxide rings is 1. The van der Waals surface area contributed by atoms with Gasteiger partial charge in [-0.3, -0.25) is 0 Å². The second kappa shape index (κ2) is 3.27. The van der Waals surface area contributed by atoms with Gasteiger partial charge in [-0.15, -0.1) is 0 Å². The summed E-state index contributed by atoms with van der Waals surface area (Å²) in [5.74, 6) is 0. The topological polar surface area (TPSA) is 36.3 Å². The van der Waals surface area contributed by atoms with E-state index >= 15 is 0 Å². The van der Waals surface area contributed by atoms with Crippen molar-refractivity contribution in [2.24, 2.45) is 0 Å². The molecule has 3 heteroatoms. The highest BCUT2D eigenvalue weighted by Crippen LogP contribution is 2.38. The molecule has 1 aliphatic rings. The molecule has 0 spiro atoms. The highest BCUT2D eigenvalue weighted by molar-refractivity contribution is 6.30. The third kappa shape index (κ3) is 1.75. The van der Waals surface area contributed by atoms with Gasteiger partial charge in [0.25, 0.3) is 0 Å². The van der Waals surface area contributed by atoms with Crippen molar-refractivity contribution >= 4 is 11.6 Å². The number of ether oxygens (including phenoxy) is 1. The summed E-state index contributed by atoms with van der Waals surface area (Å²) < 4.78 is 5.29. The minimum atomic E-state index is -0.289. The lowest BCUT2D eigenvalue weighted by molar-refractivity contribution is 0.315. The number of halogens is 1. The molecular formula is C11H10ClNO. The maximum atomic E-state index is 8.67. The van der Waals surface area contributed by atoms with Gasteiger partial charge in [-0.05, 0) is 24.6 Å². The Balaban J connectivity index is 2.06. The summed E-state index contributed by atoms with van der Waals surface area (Å²) in [4.78, 5) is 0. The van der Waals surface area contributed by atoms with E-state index in [4.69, 9.17) is 21.6 Å². The molecule has 2 nitrogen and oxygen atoms in total. The van der Waals surface area contributed by atoms with Crippen LogP contribution in [0.25, 0.3) is 0 Å². The van der Waals surface area contributed by atoms with E-state index in [0.29, 0.717) is 0 Å². The van der Waals surface area contributed by atoms with E-state index < -0.39 is 0 Å². The predicted molar refractivity (Wildman–Crippen MR) is 54.0 cm³/mol. The lowest BCUT2D eigenvalue weighted by Gasteiger charge is -2.04. The molecule has 0 amide bonds. The normalized spacial score (nSPS) is 29.6. The van der Waals surface area contributed by atoms with E-state index in [-0.39, 0.29) is 11.7 Å². The first-order valence-corrected chi connectivity index (χ1v) is 4.84. The Labute approximate surface area is 88.1 Å².